The molecule has 32 heavy (non-hydrogen) atoms. The lowest BCUT2D eigenvalue weighted by molar-refractivity contribution is -0.0222. The number of H-pyrrole nitrogens is 1. The van der Waals surface area contributed by atoms with Crippen molar-refractivity contribution in [3.05, 3.63) is 34.6 Å². The number of fused-ring (bicyclic) bond motifs is 1. The van der Waals surface area contributed by atoms with E-state index in [1.165, 1.54) is 11.3 Å². The number of rotatable bonds is 5. The monoisotopic (exact) mass is 461 g/mol. The van der Waals surface area contributed by atoms with Gasteiger partial charge in [0.05, 0.1) is 10.2 Å². The van der Waals surface area contributed by atoms with E-state index in [9.17, 15) is 18.7 Å². The van der Waals surface area contributed by atoms with Gasteiger partial charge >= 0.3 is 0 Å². The van der Waals surface area contributed by atoms with Crippen LogP contribution in [-0.4, -0.2) is 51.7 Å². The van der Waals surface area contributed by atoms with E-state index in [0.29, 0.717) is 22.3 Å². The van der Waals surface area contributed by atoms with Crippen LogP contribution < -0.4 is 15.8 Å². The van der Waals surface area contributed by atoms with Gasteiger partial charge in [-0.25, -0.2) is 13.8 Å². The second-order valence-corrected chi connectivity index (χ2v) is 9.68. The van der Waals surface area contributed by atoms with Crippen molar-refractivity contribution in [2.24, 2.45) is 5.92 Å². The first-order chi connectivity index (χ1) is 15.4. The third-order valence-corrected chi connectivity index (χ3v) is 7.40. The molecule has 1 aliphatic carbocycles. The number of benzene rings is 1. The van der Waals surface area contributed by atoms with Gasteiger partial charge < -0.3 is 15.3 Å². The van der Waals surface area contributed by atoms with Gasteiger partial charge in [0.2, 0.25) is 5.95 Å². The van der Waals surface area contributed by atoms with Crippen LogP contribution in [0.3, 0.4) is 0 Å². The molecule has 3 N–H and O–H groups in total. The third-order valence-electron chi connectivity index (χ3n) is 6.35. The predicted molar refractivity (Wildman–Crippen MR) is 122 cm³/mol. The second kappa shape index (κ2) is 8.40. The van der Waals surface area contributed by atoms with E-state index in [1.54, 1.807) is 4.90 Å². The summed E-state index contributed by atoms with van der Waals surface area (Å²) in [5, 5.41) is 13.5. The first kappa shape index (κ1) is 21.3. The van der Waals surface area contributed by atoms with Crippen LogP contribution in [-0.2, 0) is 0 Å². The molecule has 0 radical (unpaired) electrons. The summed E-state index contributed by atoms with van der Waals surface area (Å²) < 4.78 is 28.2. The van der Waals surface area contributed by atoms with E-state index in [4.69, 9.17) is 0 Å². The van der Waals surface area contributed by atoms with Crippen LogP contribution in [0.5, 0.6) is 0 Å². The minimum Gasteiger partial charge on any atom is -0.396 e. The Kier molecular flexibility index (Phi) is 5.58. The molecule has 2 aliphatic rings. The number of aliphatic hydroxyl groups is 1. The van der Waals surface area contributed by atoms with Crippen LogP contribution in [0.25, 0.3) is 20.8 Å². The average molecular weight is 462 g/mol. The lowest BCUT2D eigenvalue weighted by atomic mass is 10.1. The van der Waals surface area contributed by atoms with Gasteiger partial charge in [-0.1, -0.05) is 12.1 Å². The molecule has 5 rings (SSSR count). The molecule has 1 aliphatic heterocycles. The molecule has 10 heteroatoms. The molecule has 1 saturated carbocycles. The van der Waals surface area contributed by atoms with Crippen LogP contribution in [0.1, 0.15) is 32.1 Å². The summed E-state index contributed by atoms with van der Waals surface area (Å²) in [6.45, 7) is 0.400. The largest absolute Gasteiger partial charge is 0.396 e. The number of nitrogens with one attached hydrogen (secondary N) is 2. The number of aliphatic hydroxyl groups excluding tert-OH is 1. The van der Waals surface area contributed by atoms with E-state index in [-0.39, 0.29) is 50.1 Å². The highest BCUT2D eigenvalue weighted by Gasteiger charge is 2.35. The van der Waals surface area contributed by atoms with E-state index in [0.717, 1.165) is 29.5 Å². The van der Waals surface area contributed by atoms with Crippen molar-refractivity contribution in [2.75, 3.05) is 29.9 Å². The standard InChI is InChI=1S/C22H25F2N5O2S/c23-22(24)7-9-29(10-8-22)21-27-18(25-14-6-5-13(11-14)12-30)17(19(31)28-21)20-26-15-3-1-2-4-16(15)32-20/h1-4,13-14,30H,5-12H2,(H2,25,27,28,31). The highest BCUT2D eigenvalue weighted by atomic mass is 32.1. The van der Waals surface area contributed by atoms with Crippen LogP contribution in [0, 0.1) is 5.92 Å². The van der Waals surface area contributed by atoms with Crippen LogP contribution in [0.4, 0.5) is 20.5 Å². The summed E-state index contributed by atoms with van der Waals surface area (Å²) in [6.07, 6.45) is 2.03. The Morgan fingerprint density at radius 3 is 2.72 bits per heavy atom. The van der Waals surface area contributed by atoms with Gasteiger partial charge in [0, 0.05) is 38.6 Å². The van der Waals surface area contributed by atoms with Crippen molar-refractivity contribution in [3.8, 4) is 10.6 Å². The van der Waals surface area contributed by atoms with Crippen molar-refractivity contribution in [1.29, 1.82) is 0 Å². The topological polar surface area (TPSA) is 94.1 Å². The average Bonchev–Trinajstić information content (AvgIpc) is 3.39. The Labute approximate surface area is 187 Å². The van der Waals surface area contributed by atoms with E-state index in [2.05, 4.69) is 20.3 Å². The molecule has 7 nitrogen and oxygen atoms in total. The number of aromatic nitrogens is 3. The fourth-order valence-corrected chi connectivity index (χ4v) is 5.51. The highest BCUT2D eigenvalue weighted by molar-refractivity contribution is 7.21. The fraction of sp³-hybridized carbons (Fsp3) is 0.500. The number of halogens is 2. The van der Waals surface area contributed by atoms with Crippen LogP contribution >= 0.6 is 11.3 Å². The molecule has 0 amide bonds. The number of thiazole rings is 1. The van der Waals surface area contributed by atoms with Crippen molar-refractivity contribution in [3.63, 3.8) is 0 Å². The van der Waals surface area contributed by atoms with Gasteiger partial charge in [0.15, 0.2) is 0 Å². The number of piperidine rings is 1. The molecule has 2 unspecified atom stereocenters. The Balaban J connectivity index is 1.53. The summed E-state index contributed by atoms with van der Waals surface area (Å²) in [4.78, 5) is 27.0. The van der Waals surface area contributed by atoms with Gasteiger partial charge in [-0.2, -0.15) is 4.98 Å². The first-order valence-electron chi connectivity index (χ1n) is 10.9. The van der Waals surface area contributed by atoms with Crippen molar-refractivity contribution < 1.29 is 13.9 Å². The van der Waals surface area contributed by atoms with E-state index < -0.39 is 5.92 Å². The summed E-state index contributed by atoms with van der Waals surface area (Å²) in [5.74, 6) is -1.73. The number of aromatic amines is 1. The molecule has 2 atom stereocenters. The number of hydrogen-bond donors (Lipinski definition) is 3. The molecule has 2 fully saturated rings. The Morgan fingerprint density at radius 2 is 2.00 bits per heavy atom. The number of alkyl halides is 2. The van der Waals surface area contributed by atoms with Crippen LogP contribution in [0.15, 0.2) is 29.1 Å². The number of para-hydroxylation sites is 1. The maximum absolute atomic E-state index is 13.6. The normalized spacial score (nSPS) is 23.0. The summed E-state index contributed by atoms with van der Waals surface area (Å²) >= 11 is 1.42. The molecule has 170 valence electrons. The molecule has 1 saturated heterocycles. The van der Waals surface area contributed by atoms with Gasteiger partial charge in [0.1, 0.15) is 16.4 Å². The van der Waals surface area contributed by atoms with E-state index in [1.807, 2.05) is 24.3 Å². The molecular weight excluding hydrogens is 436 g/mol. The fourth-order valence-electron chi connectivity index (χ4n) is 4.50. The zero-order chi connectivity index (χ0) is 22.3. The highest BCUT2D eigenvalue weighted by Crippen LogP contribution is 2.35. The lowest BCUT2D eigenvalue weighted by Crippen LogP contribution is -2.41. The Bertz CT molecular complexity index is 1140. The van der Waals surface area contributed by atoms with Crippen molar-refractivity contribution in [1.82, 2.24) is 15.0 Å². The Hall–Kier alpha value is -2.59. The van der Waals surface area contributed by atoms with E-state index >= 15 is 0 Å². The Morgan fingerprint density at radius 1 is 1.22 bits per heavy atom. The zero-order valence-electron chi connectivity index (χ0n) is 17.5. The minimum absolute atomic E-state index is 0.0770. The minimum atomic E-state index is -2.68. The molecule has 2 aromatic heterocycles. The maximum atomic E-state index is 13.6. The molecule has 0 bridgehead atoms. The van der Waals surface area contributed by atoms with Crippen molar-refractivity contribution in [2.45, 2.75) is 44.1 Å². The molecule has 3 heterocycles. The molecular formula is C22H25F2N5O2S. The predicted octanol–water partition coefficient (Wildman–Crippen LogP) is 3.86. The summed E-state index contributed by atoms with van der Waals surface area (Å²) in [5.41, 5.74) is 0.830. The zero-order valence-corrected chi connectivity index (χ0v) is 18.3. The number of anilines is 2. The quantitative estimate of drug-likeness (QED) is 0.534. The smallest absolute Gasteiger partial charge is 0.264 e. The molecule has 3 aromatic rings. The first-order valence-corrected chi connectivity index (χ1v) is 11.7. The molecule has 1 aromatic carbocycles. The molecule has 0 spiro atoms. The lowest BCUT2D eigenvalue weighted by Gasteiger charge is -2.32. The SMILES string of the molecule is O=c1[nH]c(N2CCC(F)(F)CC2)nc(NC2CCC(CO)C2)c1-c1nc2ccccc2s1. The summed E-state index contributed by atoms with van der Waals surface area (Å²) in [7, 11) is 0. The van der Waals surface area contributed by atoms with Gasteiger partial charge in [-0.15, -0.1) is 11.3 Å². The van der Waals surface area contributed by atoms with Gasteiger partial charge in [-0.3, -0.25) is 9.78 Å². The van der Waals surface area contributed by atoms with Gasteiger partial charge in [-0.05, 0) is 37.3 Å². The maximum Gasteiger partial charge on any atom is 0.264 e. The third kappa shape index (κ3) is 4.21. The second-order valence-electron chi connectivity index (χ2n) is 8.65. The number of hydrogen-bond acceptors (Lipinski definition) is 7. The number of nitrogens with zero attached hydrogens (tertiary/aromatic N) is 3. The summed E-state index contributed by atoms with van der Waals surface area (Å²) in [6, 6.07) is 7.75. The van der Waals surface area contributed by atoms with Gasteiger partial charge in [0.25, 0.3) is 11.5 Å². The van der Waals surface area contributed by atoms with Crippen LogP contribution in [0.2, 0.25) is 0 Å². The van der Waals surface area contributed by atoms with Crippen molar-refractivity contribution >= 4 is 33.3 Å².